The molecule has 2 heteroatoms. The van der Waals surface area contributed by atoms with Gasteiger partial charge in [0.25, 0.3) is 0 Å². The summed E-state index contributed by atoms with van der Waals surface area (Å²) in [5.41, 5.74) is 0. The standard InChI is InChI=1S/C9H17NSe/c1-2-3-4-5-6-7-8-11-9-10/h2-8H2,1H3. The van der Waals surface area contributed by atoms with E-state index in [2.05, 4.69) is 11.9 Å². The first-order valence-electron chi connectivity index (χ1n) is 4.42. The molecule has 0 saturated carbocycles. The molecule has 0 bridgehead atoms. The van der Waals surface area contributed by atoms with E-state index in [9.17, 15) is 0 Å². The van der Waals surface area contributed by atoms with Crippen LogP contribution in [0.15, 0.2) is 0 Å². The fourth-order valence-corrected chi connectivity index (χ4v) is 1.92. The summed E-state index contributed by atoms with van der Waals surface area (Å²) in [6, 6.07) is 0. The second kappa shape index (κ2) is 10.0. The SMILES string of the molecule is CCCCCCCC[Se]C#N. The Hall–Kier alpha value is 0.00948. The monoisotopic (exact) mass is 219 g/mol. The average molecular weight is 218 g/mol. The molecule has 0 heterocycles. The molecule has 64 valence electrons. The van der Waals surface area contributed by atoms with E-state index in [0.29, 0.717) is 0 Å². The quantitative estimate of drug-likeness (QED) is 0.476. The fraction of sp³-hybridized carbons (Fsp3) is 0.889. The van der Waals surface area contributed by atoms with E-state index in [1.807, 2.05) is 0 Å². The number of rotatable bonds is 7. The molecule has 0 aliphatic heterocycles. The van der Waals surface area contributed by atoms with Crippen LogP contribution in [0.1, 0.15) is 45.4 Å². The Morgan fingerprint density at radius 3 is 2.36 bits per heavy atom. The zero-order valence-electron chi connectivity index (χ0n) is 7.31. The molecule has 0 saturated heterocycles. The molecule has 0 amide bonds. The van der Waals surface area contributed by atoms with Gasteiger partial charge in [-0.25, -0.2) is 0 Å². The van der Waals surface area contributed by atoms with Crippen LogP contribution < -0.4 is 0 Å². The van der Waals surface area contributed by atoms with Crippen molar-refractivity contribution in [2.45, 2.75) is 50.8 Å². The Labute approximate surface area is 76.3 Å². The number of hydrogen-bond donors (Lipinski definition) is 0. The van der Waals surface area contributed by atoms with Crippen LogP contribution in [-0.4, -0.2) is 15.0 Å². The summed E-state index contributed by atoms with van der Waals surface area (Å²) in [6.07, 6.45) is 8.07. The van der Waals surface area contributed by atoms with E-state index in [-0.39, 0.29) is 15.0 Å². The molecule has 0 unspecified atom stereocenters. The van der Waals surface area contributed by atoms with Gasteiger partial charge in [0.05, 0.1) is 0 Å². The van der Waals surface area contributed by atoms with Gasteiger partial charge in [-0.05, 0) is 0 Å². The van der Waals surface area contributed by atoms with Crippen LogP contribution in [0.2, 0.25) is 5.32 Å². The number of unbranched alkanes of at least 4 members (excludes halogenated alkanes) is 5. The molecule has 0 aromatic carbocycles. The van der Waals surface area contributed by atoms with Gasteiger partial charge in [0, 0.05) is 0 Å². The van der Waals surface area contributed by atoms with Crippen molar-refractivity contribution in [1.82, 2.24) is 0 Å². The van der Waals surface area contributed by atoms with Crippen molar-refractivity contribution >= 4 is 15.0 Å². The zero-order valence-corrected chi connectivity index (χ0v) is 9.02. The van der Waals surface area contributed by atoms with Gasteiger partial charge in [-0.15, -0.1) is 0 Å². The molecule has 1 nitrogen and oxygen atoms in total. The molecule has 0 spiro atoms. The normalized spacial score (nSPS) is 9.45. The number of hydrogen-bond acceptors (Lipinski definition) is 1. The predicted molar refractivity (Wildman–Crippen MR) is 49.6 cm³/mol. The van der Waals surface area contributed by atoms with Crippen LogP contribution in [0, 0.1) is 10.2 Å². The van der Waals surface area contributed by atoms with E-state index >= 15 is 0 Å². The average Bonchev–Trinajstić information content (AvgIpc) is 2.03. The van der Waals surface area contributed by atoms with Gasteiger partial charge in [0.2, 0.25) is 0 Å². The van der Waals surface area contributed by atoms with Gasteiger partial charge in [-0.3, -0.25) is 0 Å². The Kier molecular flexibility index (Phi) is 10.0. The maximum absolute atomic E-state index is 8.28. The molecule has 0 fully saturated rings. The molecule has 0 aromatic rings. The third-order valence-electron chi connectivity index (χ3n) is 1.66. The molecular formula is C9H17NSe. The van der Waals surface area contributed by atoms with Gasteiger partial charge in [-0.1, -0.05) is 0 Å². The predicted octanol–water partition coefficient (Wildman–Crippen LogP) is 2.95. The van der Waals surface area contributed by atoms with Gasteiger partial charge >= 0.3 is 76.0 Å². The summed E-state index contributed by atoms with van der Waals surface area (Å²) in [5.74, 6) is 0. The summed E-state index contributed by atoms with van der Waals surface area (Å²) in [6.45, 7) is 2.23. The summed E-state index contributed by atoms with van der Waals surface area (Å²) in [7, 11) is 0. The Balaban J connectivity index is 2.75. The van der Waals surface area contributed by atoms with Crippen LogP contribution in [0.5, 0.6) is 0 Å². The molecule has 0 aliphatic carbocycles. The summed E-state index contributed by atoms with van der Waals surface area (Å²) in [5, 5.41) is 9.45. The minimum atomic E-state index is 0.269. The third kappa shape index (κ3) is 10.0. The fourth-order valence-electron chi connectivity index (χ4n) is 1.00. The van der Waals surface area contributed by atoms with Crippen molar-refractivity contribution < 1.29 is 0 Å². The molecule has 0 aromatic heterocycles. The summed E-state index contributed by atoms with van der Waals surface area (Å²) >= 11 is 0.269. The van der Waals surface area contributed by atoms with E-state index in [1.165, 1.54) is 38.5 Å². The maximum atomic E-state index is 8.28. The zero-order chi connectivity index (χ0) is 8.36. The summed E-state index contributed by atoms with van der Waals surface area (Å²) < 4.78 is 0. The molecule has 0 aliphatic rings. The van der Waals surface area contributed by atoms with Crippen molar-refractivity contribution in [3.05, 3.63) is 0 Å². The van der Waals surface area contributed by atoms with Crippen LogP contribution >= 0.6 is 0 Å². The first kappa shape index (κ1) is 11.0. The van der Waals surface area contributed by atoms with Crippen molar-refractivity contribution in [1.29, 1.82) is 5.26 Å². The van der Waals surface area contributed by atoms with Crippen LogP contribution in [0.25, 0.3) is 0 Å². The van der Waals surface area contributed by atoms with Gasteiger partial charge in [0.15, 0.2) is 0 Å². The molecule has 0 atom stereocenters. The second-order valence-corrected chi connectivity index (χ2v) is 4.55. The van der Waals surface area contributed by atoms with Crippen LogP contribution in [0.3, 0.4) is 0 Å². The van der Waals surface area contributed by atoms with Gasteiger partial charge in [-0.2, -0.15) is 0 Å². The molecular weight excluding hydrogens is 201 g/mol. The Morgan fingerprint density at radius 1 is 1.09 bits per heavy atom. The Morgan fingerprint density at radius 2 is 1.73 bits per heavy atom. The molecule has 0 rings (SSSR count). The molecule has 11 heavy (non-hydrogen) atoms. The topological polar surface area (TPSA) is 23.8 Å². The van der Waals surface area contributed by atoms with E-state index < -0.39 is 0 Å². The number of nitriles is 1. The van der Waals surface area contributed by atoms with Crippen LogP contribution in [0.4, 0.5) is 0 Å². The number of nitrogens with zero attached hydrogens (tertiary/aromatic N) is 1. The van der Waals surface area contributed by atoms with Crippen molar-refractivity contribution in [3.63, 3.8) is 0 Å². The van der Waals surface area contributed by atoms with E-state index in [1.54, 1.807) is 0 Å². The van der Waals surface area contributed by atoms with Crippen molar-refractivity contribution in [2.24, 2.45) is 0 Å². The van der Waals surface area contributed by atoms with Crippen LogP contribution in [-0.2, 0) is 0 Å². The Bertz CT molecular complexity index is 107. The first-order chi connectivity index (χ1) is 5.41. The van der Waals surface area contributed by atoms with Crippen molar-refractivity contribution in [2.75, 3.05) is 0 Å². The molecule has 0 N–H and O–H groups in total. The van der Waals surface area contributed by atoms with E-state index in [4.69, 9.17) is 5.26 Å². The molecule has 0 radical (unpaired) electrons. The second-order valence-electron chi connectivity index (χ2n) is 2.71. The summed E-state index contributed by atoms with van der Waals surface area (Å²) in [4.78, 5) is 2.23. The van der Waals surface area contributed by atoms with E-state index in [0.717, 1.165) is 5.32 Å². The van der Waals surface area contributed by atoms with Crippen molar-refractivity contribution in [3.8, 4) is 4.97 Å². The van der Waals surface area contributed by atoms with Gasteiger partial charge in [0.1, 0.15) is 0 Å². The van der Waals surface area contributed by atoms with Gasteiger partial charge < -0.3 is 0 Å². The first-order valence-corrected chi connectivity index (χ1v) is 6.49. The third-order valence-corrected chi connectivity index (χ3v) is 2.97. The minimum absolute atomic E-state index is 0.269.